The fourth-order valence-electron chi connectivity index (χ4n) is 11.2. The SMILES string of the molecule is Cc1cc(-c2c(Nc3ccc(-c4ccccc4)cc3)ccc3ccccc23)c2c(c1)N(c1ccc3c(c1)C(C)(C)c1ccccc1-3)c1cc3c(cc1B2)-c1ccccc1C3(C)C. The van der Waals surface area contributed by atoms with Gasteiger partial charge in [-0.3, -0.25) is 0 Å². The van der Waals surface area contributed by atoms with E-state index in [-0.39, 0.29) is 10.8 Å². The smallest absolute Gasteiger partial charge is 0.198 e. The Bertz CT molecular complexity index is 3300. The second-order valence-corrected chi connectivity index (χ2v) is 18.7. The minimum absolute atomic E-state index is 0.116. The topological polar surface area (TPSA) is 15.3 Å². The van der Waals surface area contributed by atoms with Crippen molar-refractivity contribution >= 4 is 57.4 Å². The van der Waals surface area contributed by atoms with Gasteiger partial charge in [-0.1, -0.05) is 173 Å². The first-order valence-corrected chi connectivity index (χ1v) is 22.1. The molecule has 9 aromatic rings. The maximum atomic E-state index is 3.92. The van der Waals surface area contributed by atoms with Crippen LogP contribution < -0.4 is 21.1 Å². The van der Waals surface area contributed by atoms with E-state index in [0.717, 1.165) is 18.7 Å². The van der Waals surface area contributed by atoms with Crippen LogP contribution in [0.1, 0.15) is 55.5 Å². The second kappa shape index (κ2) is 13.5. The molecule has 0 saturated carbocycles. The van der Waals surface area contributed by atoms with E-state index in [2.05, 4.69) is 227 Å². The highest BCUT2D eigenvalue weighted by atomic mass is 15.2. The lowest BCUT2D eigenvalue weighted by Crippen LogP contribution is -2.41. The molecule has 0 spiro atoms. The summed E-state index contributed by atoms with van der Waals surface area (Å²) >= 11 is 0. The molecule has 3 heteroatoms. The van der Waals surface area contributed by atoms with E-state index < -0.39 is 0 Å². The van der Waals surface area contributed by atoms with Gasteiger partial charge >= 0.3 is 0 Å². The molecule has 62 heavy (non-hydrogen) atoms. The van der Waals surface area contributed by atoms with Gasteiger partial charge in [0.15, 0.2) is 7.28 Å². The molecule has 0 radical (unpaired) electrons. The van der Waals surface area contributed by atoms with Crippen molar-refractivity contribution in [1.29, 1.82) is 0 Å². The van der Waals surface area contributed by atoms with Gasteiger partial charge in [0.25, 0.3) is 0 Å². The van der Waals surface area contributed by atoms with Crippen LogP contribution >= 0.6 is 0 Å². The van der Waals surface area contributed by atoms with E-state index in [1.807, 2.05) is 0 Å². The van der Waals surface area contributed by atoms with Crippen LogP contribution in [-0.2, 0) is 10.8 Å². The van der Waals surface area contributed by atoms with Crippen LogP contribution in [-0.4, -0.2) is 7.28 Å². The van der Waals surface area contributed by atoms with E-state index in [0.29, 0.717) is 0 Å². The summed E-state index contributed by atoms with van der Waals surface area (Å²) in [5.41, 5.74) is 25.5. The van der Waals surface area contributed by atoms with Crippen LogP contribution in [0, 0.1) is 6.92 Å². The Balaban J connectivity index is 1.08. The Morgan fingerprint density at radius 3 is 1.85 bits per heavy atom. The van der Waals surface area contributed by atoms with Crippen molar-refractivity contribution in [2.24, 2.45) is 0 Å². The van der Waals surface area contributed by atoms with Crippen molar-refractivity contribution < 1.29 is 0 Å². The summed E-state index contributed by atoms with van der Waals surface area (Å²) in [5, 5.41) is 6.39. The minimum Gasteiger partial charge on any atom is -0.355 e. The van der Waals surface area contributed by atoms with Gasteiger partial charge < -0.3 is 10.2 Å². The molecule has 1 N–H and O–H groups in total. The highest BCUT2D eigenvalue weighted by Gasteiger charge is 2.40. The van der Waals surface area contributed by atoms with E-state index in [9.17, 15) is 0 Å². The molecule has 0 aromatic heterocycles. The van der Waals surface area contributed by atoms with Crippen molar-refractivity contribution in [3.63, 3.8) is 0 Å². The predicted molar refractivity (Wildman–Crippen MR) is 266 cm³/mol. The average molecular weight is 795 g/mol. The summed E-state index contributed by atoms with van der Waals surface area (Å²) in [4.78, 5) is 2.60. The third kappa shape index (κ3) is 5.44. The summed E-state index contributed by atoms with van der Waals surface area (Å²) in [5.74, 6) is 0. The van der Waals surface area contributed by atoms with Crippen molar-refractivity contribution in [1.82, 2.24) is 0 Å². The Kier molecular flexibility index (Phi) is 7.97. The summed E-state index contributed by atoms with van der Waals surface area (Å²) in [6, 6.07) is 68.0. The van der Waals surface area contributed by atoms with E-state index in [1.54, 1.807) is 0 Å². The summed E-state index contributed by atoms with van der Waals surface area (Å²) in [6.45, 7) is 11.8. The van der Waals surface area contributed by atoms with Gasteiger partial charge in [-0.05, 0) is 132 Å². The number of fused-ring (bicyclic) bond motifs is 9. The van der Waals surface area contributed by atoms with Gasteiger partial charge in [0, 0.05) is 44.8 Å². The van der Waals surface area contributed by atoms with Gasteiger partial charge in [0.2, 0.25) is 0 Å². The number of anilines is 5. The van der Waals surface area contributed by atoms with Crippen molar-refractivity contribution in [2.75, 3.05) is 10.2 Å². The maximum Gasteiger partial charge on any atom is 0.198 e. The summed E-state index contributed by atoms with van der Waals surface area (Å²) in [7, 11) is 0.822. The van der Waals surface area contributed by atoms with Gasteiger partial charge in [-0.25, -0.2) is 0 Å². The highest BCUT2D eigenvalue weighted by Crippen LogP contribution is 2.53. The van der Waals surface area contributed by atoms with E-state index in [4.69, 9.17) is 0 Å². The lowest BCUT2D eigenvalue weighted by Gasteiger charge is -2.37. The summed E-state index contributed by atoms with van der Waals surface area (Å²) < 4.78 is 0. The molecule has 0 fully saturated rings. The molecule has 2 aliphatic carbocycles. The number of nitrogens with one attached hydrogen (secondary N) is 1. The second-order valence-electron chi connectivity index (χ2n) is 18.7. The molecule has 1 aliphatic heterocycles. The number of rotatable bonds is 5. The first kappa shape index (κ1) is 36.7. The first-order valence-electron chi connectivity index (χ1n) is 22.1. The molecule has 0 saturated heterocycles. The van der Waals surface area contributed by atoms with Gasteiger partial charge in [0.1, 0.15) is 0 Å². The molecular weight excluding hydrogens is 747 g/mol. The Morgan fingerprint density at radius 2 is 1.10 bits per heavy atom. The monoisotopic (exact) mass is 794 g/mol. The maximum absolute atomic E-state index is 3.92. The first-order chi connectivity index (χ1) is 30.1. The minimum atomic E-state index is -0.120. The van der Waals surface area contributed by atoms with Crippen LogP contribution in [0.4, 0.5) is 28.4 Å². The standard InChI is InChI=1S/C59H47BN2/c1-36-31-47(56-42-18-10-9-17-39(42)25-30-53(56)61-40-26-23-38(24-27-40)37-15-7-6-8-16-37)57-55(32-36)62(41-28-29-45-43-19-11-13-21-48(43)58(2,3)50(45)33-41)54-35-51-46(34-52(54)60-57)44-20-12-14-22-49(44)59(51,4)5/h6-35,60-61H,1-5H3. The quantitative estimate of drug-likeness (QED) is 0.175. The molecule has 1 heterocycles. The van der Waals surface area contributed by atoms with Crippen molar-refractivity contribution in [2.45, 2.75) is 45.4 Å². The predicted octanol–water partition coefficient (Wildman–Crippen LogP) is 14.0. The molecule has 0 bridgehead atoms. The number of nitrogens with zero attached hydrogens (tertiary/aromatic N) is 1. The molecular formula is C59H47BN2. The molecule has 296 valence electrons. The zero-order chi connectivity index (χ0) is 41.9. The largest absolute Gasteiger partial charge is 0.355 e. The lowest BCUT2D eigenvalue weighted by atomic mass is 9.57. The van der Waals surface area contributed by atoms with Crippen molar-refractivity contribution in [3.8, 4) is 44.5 Å². The van der Waals surface area contributed by atoms with Crippen LogP contribution in [0.3, 0.4) is 0 Å². The van der Waals surface area contributed by atoms with Crippen LogP contribution in [0.25, 0.3) is 55.3 Å². The zero-order valence-electron chi connectivity index (χ0n) is 36.0. The molecule has 12 rings (SSSR count). The van der Waals surface area contributed by atoms with E-state index >= 15 is 0 Å². The van der Waals surface area contributed by atoms with Gasteiger partial charge in [-0.2, -0.15) is 0 Å². The van der Waals surface area contributed by atoms with E-state index in [1.165, 1.54) is 111 Å². The fourth-order valence-corrected chi connectivity index (χ4v) is 11.2. The molecule has 3 aliphatic rings. The Morgan fingerprint density at radius 1 is 0.468 bits per heavy atom. The third-order valence-corrected chi connectivity index (χ3v) is 14.3. The Labute approximate surface area is 365 Å². The van der Waals surface area contributed by atoms with Gasteiger partial charge in [0.05, 0.1) is 0 Å². The van der Waals surface area contributed by atoms with Crippen LogP contribution in [0.15, 0.2) is 182 Å². The number of hydrogen-bond donors (Lipinski definition) is 1. The molecule has 0 atom stereocenters. The average Bonchev–Trinajstić information content (AvgIpc) is 3.66. The molecule has 0 unspecified atom stereocenters. The number of hydrogen-bond acceptors (Lipinski definition) is 2. The zero-order valence-corrected chi connectivity index (χ0v) is 36.0. The van der Waals surface area contributed by atoms with Crippen molar-refractivity contribution in [3.05, 3.63) is 210 Å². The fraction of sp³-hybridized carbons (Fsp3) is 0.119. The summed E-state index contributed by atoms with van der Waals surface area (Å²) in [6.07, 6.45) is 0. The highest BCUT2D eigenvalue weighted by molar-refractivity contribution is 6.73. The van der Waals surface area contributed by atoms with Crippen LogP contribution in [0.2, 0.25) is 0 Å². The Hall–Kier alpha value is -7.10. The molecule has 0 amide bonds. The number of benzene rings is 9. The third-order valence-electron chi connectivity index (χ3n) is 14.3. The molecule has 2 nitrogen and oxygen atoms in total. The molecule has 9 aromatic carbocycles. The lowest BCUT2D eigenvalue weighted by molar-refractivity contribution is 0.660. The van der Waals surface area contributed by atoms with Gasteiger partial charge in [-0.15, -0.1) is 0 Å². The van der Waals surface area contributed by atoms with Crippen LogP contribution in [0.5, 0.6) is 0 Å². The number of aryl methyl sites for hydroxylation is 1. The normalized spacial score (nSPS) is 14.6.